The summed E-state index contributed by atoms with van der Waals surface area (Å²) in [5.74, 6) is 0.226. The molecule has 0 bridgehead atoms. The fourth-order valence-corrected chi connectivity index (χ4v) is 0.871. The Morgan fingerprint density at radius 1 is 1.71 bits per heavy atom. The molecular formula is C9H13N3O2. The number of hydrogen-bond donors (Lipinski definition) is 2. The van der Waals surface area contributed by atoms with E-state index in [0.29, 0.717) is 11.5 Å². The first kappa shape index (κ1) is 10.3. The Labute approximate surface area is 82.3 Å². The standard InChI is InChI=1S/C9H13N3O2/c1-6-4-11-8(3-7(6)10)12-5-9(13)14-2/h3-4H,5H2,1-2H3,(H3,10,11,12). The molecule has 1 heterocycles. The van der Waals surface area contributed by atoms with Crippen LogP contribution in [0.5, 0.6) is 0 Å². The lowest BCUT2D eigenvalue weighted by Crippen LogP contribution is -2.15. The van der Waals surface area contributed by atoms with Gasteiger partial charge in [-0.05, 0) is 12.5 Å². The average Bonchev–Trinajstić information content (AvgIpc) is 2.19. The maximum atomic E-state index is 10.8. The van der Waals surface area contributed by atoms with Gasteiger partial charge in [0.05, 0.1) is 7.11 Å². The van der Waals surface area contributed by atoms with Crippen LogP contribution >= 0.6 is 0 Å². The number of anilines is 2. The Morgan fingerprint density at radius 2 is 2.43 bits per heavy atom. The second-order valence-corrected chi connectivity index (χ2v) is 2.86. The molecule has 0 saturated carbocycles. The van der Waals surface area contributed by atoms with Crippen LogP contribution in [0.15, 0.2) is 12.3 Å². The van der Waals surface area contributed by atoms with Gasteiger partial charge in [-0.3, -0.25) is 4.79 Å². The number of esters is 1. The minimum atomic E-state index is -0.342. The number of carbonyl (C=O) groups excluding carboxylic acids is 1. The van der Waals surface area contributed by atoms with Gasteiger partial charge in [0, 0.05) is 18.0 Å². The summed E-state index contributed by atoms with van der Waals surface area (Å²) in [5.41, 5.74) is 7.22. The summed E-state index contributed by atoms with van der Waals surface area (Å²) in [6, 6.07) is 1.68. The maximum Gasteiger partial charge on any atom is 0.325 e. The summed E-state index contributed by atoms with van der Waals surface area (Å²) in [6.07, 6.45) is 1.65. The molecule has 1 aromatic heterocycles. The van der Waals surface area contributed by atoms with Crippen LogP contribution in [-0.4, -0.2) is 24.6 Å². The van der Waals surface area contributed by atoms with E-state index in [2.05, 4.69) is 15.0 Å². The zero-order valence-electron chi connectivity index (χ0n) is 8.20. The summed E-state index contributed by atoms with van der Waals surface area (Å²) in [7, 11) is 1.33. The lowest BCUT2D eigenvalue weighted by molar-refractivity contribution is -0.138. The number of carbonyl (C=O) groups is 1. The topological polar surface area (TPSA) is 77.2 Å². The minimum absolute atomic E-state index is 0.0893. The Bertz CT molecular complexity index is 339. The van der Waals surface area contributed by atoms with Crippen LogP contribution in [0.4, 0.5) is 11.5 Å². The molecule has 0 atom stereocenters. The van der Waals surface area contributed by atoms with Crippen LogP contribution in [0.2, 0.25) is 0 Å². The summed E-state index contributed by atoms with van der Waals surface area (Å²) >= 11 is 0. The van der Waals surface area contributed by atoms with E-state index in [1.165, 1.54) is 7.11 Å². The number of aromatic nitrogens is 1. The van der Waals surface area contributed by atoms with Crippen molar-refractivity contribution in [1.82, 2.24) is 4.98 Å². The average molecular weight is 195 g/mol. The predicted molar refractivity (Wildman–Crippen MR) is 53.9 cm³/mol. The molecule has 1 rings (SSSR count). The molecule has 0 aliphatic carbocycles. The van der Waals surface area contributed by atoms with Gasteiger partial charge in [0.2, 0.25) is 0 Å². The number of ether oxygens (including phenoxy) is 1. The summed E-state index contributed by atoms with van der Waals surface area (Å²) in [4.78, 5) is 14.8. The Balaban J connectivity index is 2.60. The number of aryl methyl sites for hydroxylation is 1. The van der Waals surface area contributed by atoms with E-state index in [0.717, 1.165) is 5.56 Å². The molecule has 76 valence electrons. The zero-order chi connectivity index (χ0) is 10.6. The first-order valence-electron chi connectivity index (χ1n) is 4.16. The summed E-state index contributed by atoms with van der Waals surface area (Å²) in [6.45, 7) is 1.96. The number of methoxy groups -OCH3 is 1. The molecule has 1 aromatic rings. The normalized spacial score (nSPS) is 9.57. The molecule has 0 saturated heterocycles. The highest BCUT2D eigenvalue weighted by Crippen LogP contribution is 2.12. The van der Waals surface area contributed by atoms with Crippen LogP contribution in [0, 0.1) is 6.92 Å². The van der Waals surface area contributed by atoms with Crippen LogP contribution < -0.4 is 11.1 Å². The van der Waals surface area contributed by atoms with Gasteiger partial charge in [-0.25, -0.2) is 4.98 Å². The van der Waals surface area contributed by atoms with Crippen LogP contribution in [-0.2, 0) is 9.53 Å². The number of rotatable bonds is 3. The molecular weight excluding hydrogens is 182 g/mol. The zero-order valence-corrected chi connectivity index (χ0v) is 8.20. The predicted octanol–water partition coefficient (Wildman–Crippen LogP) is 0.557. The summed E-state index contributed by atoms with van der Waals surface area (Å²) in [5, 5.41) is 2.80. The van der Waals surface area contributed by atoms with Gasteiger partial charge < -0.3 is 15.8 Å². The van der Waals surface area contributed by atoms with Gasteiger partial charge in [-0.2, -0.15) is 0 Å². The molecule has 5 nitrogen and oxygen atoms in total. The molecule has 0 aliphatic rings. The smallest absolute Gasteiger partial charge is 0.325 e. The lowest BCUT2D eigenvalue weighted by Gasteiger charge is -2.05. The van der Waals surface area contributed by atoms with Crippen molar-refractivity contribution in [3.05, 3.63) is 17.8 Å². The number of nitrogens with zero attached hydrogens (tertiary/aromatic N) is 1. The molecule has 0 aromatic carbocycles. The van der Waals surface area contributed by atoms with Crippen molar-refractivity contribution in [2.45, 2.75) is 6.92 Å². The molecule has 0 spiro atoms. The number of nitrogens with two attached hydrogens (primary N) is 1. The first-order valence-corrected chi connectivity index (χ1v) is 4.16. The number of pyridine rings is 1. The largest absolute Gasteiger partial charge is 0.468 e. The van der Waals surface area contributed by atoms with E-state index in [4.69, 9.17) is 5.73 Å². The highest BCUT2D eigenvalue weighted by atomic mass is 16.5. The fourth-order valence-electron chi connectivity index (χ4n) is 0.871. The number of nitrogens with one attached hydrogen (secondary N) is 1. The van der Waals surface area contributed by atoms with Gasteiger partial charge in [0.15, 0.2) is 0 Å². The number of nitrogen functional groups attached to an aromatic ring is 1. The Kier molecular flexibility index (Phi) is 3.28. The lowest BCUT2D eigenvalue weighted by atomic mass is 10.2. The molecule has 14 heavy (non-hydrogen) atoms. The monoisotopic (exact) mass is 195 g/mol. The third kappa shape index (κ3) is 2.62. The van der Waals surface area contributed by atoms with E-state index < -0.39 is 0 Å². The highest BCUT2D eigenvalue weighted by Gasteiger charge is 2.01. The molecule has 0 unspecified atom stereocenters. The van der Waals surface area contributed by atoms with Gasteiger partial charge in [0.1, 0.15) is 12.4 Å². The van der Waals surface area contributed by atoms with Gasteiger partial charge in [-0.15, -0.1) is 0 Å². The van der Waals surface area contributed by atoms with Crippen LogP contribution in [0.3, 0.4) is 0 Å². The van der Waals surface area contributed by atoms with E-state index >= 15 is 0 Å². The molecule has 0 aliphatic heterocycles. The first-order chi connectivity index (χ1) is 6.63. The summed E-state index contributed by atoms with van der Waals surface area (Å²) < 4.78 is 4.47. The maximum absolute atomic E-state index is 10.8. The van der Waals surface area contributed by atoms with Crippen LogP contribution in [0.25, 0.3) is 0 Å². The number of hydrogen-bond acceptors (Lipinski definition) is 5. The van der Waals surface area contributed by atoms with Crippen molar-refractivity contribution >= 4 is 17.5 Å². The van der Waals surface area contributed by atoms with Crippen LogP contribution in [0.1, 0.15) is 5.56 Å². The van der Waals surface area contributed by atoms with Crippen molar-refractivity contribution in [3.8, 4) is 0 Å². The van der Waals surface area contributed by atoms with Gasteiger partial charge in [-0.1, -0.05) is 0 Å². The Hall–Kier alpha value is -1.78. The second kappa shape index (κ2) is 4.45. The third-order valence-corrected chi connectivity index (χ3v) is 1.79. The molecule has 0 amide bonds. The van der Waals surface area contributed by atoms with E-state index in [1.807, 2.05) is 6.92 Å². The van der Waals surface area contributed by atoms with E-state index in [-0.39, 0.29) is 12.5 Å². The molecule has 5 heteroatoms. The second-order valence-electron chi connectivity index (χ2n) is 2.86. The van der Waals surface area contributed by atoms with Crippen molar-refractivity contribution < 1.29 is 9.53 Å². The van der Waals surface area contributed by atoms with Crippen molar-refractivity contribution in [2.75, 3.05) is 24.7 Å². The molecule has 0 fully saturated rings. The molecule has 0 radical (unpaired) electrons. The van der Waals surface area contributed by atoms with Crippen molar-refractivity contribution in [3.63, 3.8) is 0 Å². The SMILES string of the molecule is COC(=O)CNc1cc(N)c(C)cn1. The Morgan fingerprint density at radius 3 is 3.00 bits per heavy atom. The third-order valence-electron chi connectivity index (χ3n) is 1.79. The van der Waals surface area contributed by atoms with Gasteiger partial charge in [0.25, 0.3) is 0 Å². The minimum Gasteiger partial charge on any atom is -0.468 e. The van der Waals surface area contributed by atoms with Crippen molar-refractivity contribution in [1.29, 1.82) is 0 Å². The molecule has 3 N–H and O–H groups in total. The fraction of sp³-hybridized carbons (Fsp3) is 0.333. The quantitative estimate of drug-likeness (QED) is 0.689. The van der Waals surface area contributed by atoms with E-state index in [9.17, 15) is 4.79 Å². The van der Waals surface area contributed by atoms with E-state index in [1.54, 1.807) is 12.3 Å². The van der Waals surface area contributed by atoms with Crippen molar-refractivity contribution in [2.24, 2.45) is 0 Å². The highest BCUT2D eigenvalue weighted by molar-refractivity contribution is 5.74. The van der Waals surface area contributed by atoms with Gasteiger partial charge >= 0.3 is 5.97 Å².